The average molecular weight is 1550 g/mol. The molecule has 9 heterocycles. The normalized spacial score (nSPS) is 16.4. The molecule has 6 aromatic heterocycles. The summed E-state index contributed by atoms with van der Waals surface area (Å²) < 4.78 is 70.7. The Hall–Kier alpha value is -8.73. The zero-order valence-electron chi connectivity index (χ0n) is 64.3. The predicted octanol–water partition coefficient (Wildman–Crippen LogP) is 13.2. The lowest BCUT2D eigenvalue weighted by Gasteiger charge is -2.37. The second kappa shape index (κ2) is 33.6. The van der Waals surface area contributed by atoms with E-state index >= 15 is 13.2 Å². The number of amides is 3. The van der Waals surface area contributed by atoms with Gasteiger partial charge in [0.05, 0.1) is 50.5 Å². The highest BCUT2D eigenvalue weighted by atomic mass is 35.5. The molecule has 3 aliphatic heterocycles. The quantitative estimate of drug-likeness (QED) is 0.0679. The number of ether oxygens (including phenoxy) is 3. The topological polar surface area (TPSA) is 267 Å². The zero-order chi connectivity index (χ0) is 78.2. The van der Waals surface area contributed by atoms with Crippen molar-refractivity contribution in [3.8, 4) is 17.2 Å². The molecule has 30 heteroatoms. The molecule has 13 rings (SSSR count). The standard InChI is InChI=1S/C27H34ClFN6O2.C26H34ClFN6O2.C25H32ClFN6O2/c1-15(2)37-24-19(16(3)26-32-17(4)23-25(30)31-7-8-35(23)26)13-20(28)22(29)21(24)27(36)34-11-9-33(10-12-34)14-18-5-6-18;1-14(2)32-9-11-33(12-10-32)26(35)20-21(28)19(27)13-18(23(20)36-15(3)4)16(5)25-31-17(6)22-24(29)30-7-8-34(22)25;1-6-31-9-11-32(12-10-31)25(34)19-20(27)18(26)13-17(22(19)35-14(2)3)15(4)24-30-16(5)21-23(28)29-7-8-33(21)24/h7-8,13,15-16,18H,5-6,9-12,14H2,1-4H3,(H2,30,31);7-8,13-16H,9-12H2,1-6H3,(H2,29,30);7-8,13-15H,6,9-12H2,1-5H3,(H2,28,29). The minimum absolute atomic E-state index is 0.113. The third-order valence-electron chi connectivity index (χ3n) is 20.5. The number of carbonyl (C=O) groups is 3. The van der Waals surface area contributed by atoms with E-state index in [4.69, 9.17) is 81.2 Å². The van der Waals surface area contributed by atoms with Crippen molar-refractivity contribution >= 4 is 86.5 Å². The Labute approximate surface area is 644 Å². The SMILES string of the molecule is CCN1CCN(C(=O)c2c(F)c(Cl)cc(C(C)c3nc(C)c4c(N)nccn34)c2OC(C)C)CC1.Cc1nc(C(C)c2cc(Cl)c(F)c(C(=O)N3CCN(C(C)C)CC3)c2OC(C)C)n2ccnc(N)c12.Cc1nc(C(C)c2cc(Cl)c(F)c(C(=O)N3CCN(CC4CC4)CC3)c2OC(C)C)n2ccnc(N)c12. The summed E-state index contributed by atoms with van der Waals surface area (Å²) in [7, 11) is 0. The van der Waals surface area contributed by atoms with E-state index < -0.39 is 35.2 Å². The van der Waals surface area contributed by atoms with Gasteiger partial charge in [-0.25, -0.2) is 43.1 Å². The van der Waals surface area contributed by atoms with E-state index in [1.807, 2.05) is 96.3 Å². The predicted molar refractivity (Wildman–Crippen MR) is 416 cm³/mol. The third kappa shape index (κ3) is 16.7. The molecule has 3 atom stereocenters. The van der Waals surface area contributed by atoms with Crippen LogP contribution < -0.4 is 31.4 Å². The van der Waals surface area contributed by atoms with Crippen LogP contribution in [0.3, 0.4) is 0 Å². The van der Waals surface area contributed by atoms with Gasteiger partial charge in [-0.1, -0.05) is 62.5 Å². The molecule has 108 heavy (non-hydrogen) atoms. The second-order valence-corrected chi connectivity index (χ2v) is 30.7. The van der Waals surface area contributed by atoms with Gasteiger partial charge in [-0.15, -0.1) is 0 Å². The van der Waals surface area contributed by atoms with Crippen LogP contribution in [0.25, 0.3) is 16.6 Å². The number of aryl methyl sites for hydroxylation is 3. The van der Waals surface area contributed by atoms with E-state index in [0.29, 0.717) is 113 Å². The van der Waals surface area contributed by atoms with E-state index in [-0.39, 0.29) is 85.1 Å². The maximum atomic E-state index is 15.6. The van der Waals surface area contributed by atoms with Crippen molar-refractivity contribution in [1.82, 2.24) is 72.5 Å². The van der Waals surface area contributed by atoms with Crippen molar-refractivity contribution < 1.29 is 41.8 Å². The van der Waals surface area contributed by atoms with E-state index in [2.05, 4.69) is 50.4 Å². The van der Waals surface area contributed by atoms with Gasteiger partial charge >= 0.3 is 0 Å². The molecule has 6 N–H and O–H groups in total. The van der Waals surface area contributed by atoms with Gasteiger partial charge in [0.1, 0.15) is 85.4 Å². The van der Waals surface area contributed by atoms with E-state index in [0.717, 1.165) is 75.4 Å². The molecule has 0 spiro atoms. The highest BCUT2D eigenvalue weighted by molar-refractivity contribution is 6.32. The number of piperazine rings is 3. The number of hydrogen-bond donors (Lipinski definition) is 3. The Morgan fingerprint density at radius 3 is 1.02 bits per heavy atom. The summed E-state index contributed by atoms with van der Waals surface area (Å²) >= 11 is 19.2. The smallest absolute Gasteiger partial charge is 0.260 e. The summed E-state index contributed by atoms with van der Waals surface area (Å²) in [4.78, 5) is 79.8. The van der Waals surface area contributed by atoms with Crippen LogP contribution in [-0.4, -0.2) is 206 Å². The number of benzene rings is 3. The van der Waals surface area contributed by atoms with Gasteiger partial charge in [0, 0.05) is 163 Å². The van der Waals surface area contributed by atoms with Crippen molar-refractivity contribution in [2.24, 2.45) is 5.92 Å². The van der Waals surface area contributed by atoms with Gasteiger partial charge in [-0.2, -0.15) is 0 Å². The van der Waals surface area contributed by atoms with Crippen LogP contribution in [0.1, 0.15) is 196 Å². The van der Waals surface area contributed by atoms with Gasteiger partial charge in [0.2, 0.25) is 0 Å². The maximum Gasteiger partial charge on any atom is 0.260 e. The van der Waals surface area contributed by atoms with Gasteiger partial charge in [-0.05, 0) is 120 Å². The van der Waals surface area contributed by atoms with Crippen LogP contribution >= 0.6 is 34.8 Å². The van der Waals surface area contributed by atoms with Gasteiger partial charge in [-0.3, -0.25) is 37.4 Å². The van der Waals surface area contributed by atoms with Crippen LogP contribution in [0.2, 0.25) is 15.1 Å². The van der Waals surface area contributed by atoms with E-state index in [1.165, 1.54) is 25.0 Å². The molecule has 9 aromatic rings. The van der Waals surface area contributed by atoms with Gasteiger partial charge < -0.3 is 51.0 Å². The summed E-state index contributed by atoms with van der Waals surface area (Å²) in [5.41, 5.74) is 24.0. The Morgan fingerprint density at radius 1 is 0.463 bits per heavy atom. The van der Waals surface area contributed by atoms with Gasteiger partial charge in [0.15, 0.2) is 17.5 Å². The lowest BCUT2D eigenvalue weighted by atomic mass is 9.95. The fraction of sp³-hybridized carbons (Fsp3) is 0.500. The number of fused-ring (bicyclic) bond motifs is 3. The monoisotopic (exact) mass is 1550 g/mol. The molecule has 1 aliphatic carbocycles. The fourth-order valence-electron chi connectivity index (χ4n) is 14.6. The molecular weight excluding hydrogens is 1450 g/mol. The summed E-state index contributed by atoms with van der Waals surface area (Å²) in [6.45, 7) is 38.4. The molecular formula is C78H100Cl3F3N18O6. The number of rotatable bonds is 19. The molecule has 3 amide bonds. The van der Waals surface area contributed by atoms with Crippen LogP contribution in [0.5, 0.6) is 17.2 Å². The Bertz CT molecular complexity index is 4810. The number of hydrogen-bond acceptors (Lipinski definition) is 18. The number of aromatic nitrogens is 9. The molecule has 24 nitrogen and oxygen atoms in total. The Balaban J connectivity index is 0.000000161. The molecule has 0 bridgehead atoms. The molecule has 4 fully saturated rings. The van der Waals surface area contributed by atoms with Crippen LogP contribution in [0.15, 0.2) is 55.4 Å². The van der Waals surface area contributed by atoms with Crippen LogP contribution in [0, 0.1) is 44.1 Å². The fourth-order valence-corrected chi connectivity index (χ4v) is 15.3. The van der Waals surface area contributed by atoms with Crippen LogP contribution in [0.4, 0.5) is 30.6 Å². The van der Waals surface area contributed by atoms with Crippen molar-refractivity contribution in [3.63, 3.8) is 0 Å². The van der Waals surface area contributed by atoms with Crippen LogP contribution in [-0.2, 0) is 0 Å². The lowest BCUT2D eigenvalue weighted by molar-refractivity contribution is 0.0583. The molecule has 3 saturated heterocycles. The number of likely N-dealkylation sites (N-methyl/N-ethyl adjacent to an activating group) is 1. The number of nitrogens with two attached hydrogens (primary N) is 3. The number of nitrogens with zero attached hydrogens (tertiary/aromatic N) is 15. The summed E-state index contributed by atoms with van der Waals surface area (Å²) in [5, 5.41) is -0.374. The zero-order valence-corrected chi connectivity index (χ0v) is 66.6. The summed E-state index contributed by atoms with van der Waals surface area (Å²) in [6.07, 6.45) is 11.9. The van der Waals surface area contributed by atoms with Crippen molar-refractivity contribution in [3.05, 3.63) is 156 Å². The Morgan fingerprint density at radius 2 is 0.750 bits per heavy atom. The van der Waals surface area contributed by atoms with E-state index in [1.54, 1.807) is 57.9 Å². The molecule has 1 saturated carbocycles. The first kappa shape index (κ1) is 80.3. The number of anilines is 3. The van der Waals surface area contributed by atoms with Crippen molar-refractivity contribution in [2.75, 3.05) is 109 Å². The third-order valence-corrected chi connectivity index (χ3v) is 21.4. The number of halogens is 6. The molecule has 4 aliphatic rings. The molecule has 580 valence electrons. The number of imidazole rings is 3. The molecule has 3 unspecified atom stereocenters. The molecule has 3 aromatic carbocycles. The highest BCUT2D eigenvalue weighted by Gasteiger charge is 2.38. The first-order chi connectivity index (χ1) is 51.3. The lowest BCUT2D eigenvalue weighted by Crippen LogP contribution is -2.51. The largest absolute Gasteiger partial charge is 0.490 e. The number of nitrogen functional groups attached to an aromatic ring is 3. The second-order valence-electron chi connectivity index (χ2n) is 29.5. The maximum absolute atomic E-state index is 15.6. The first-order valence-electron chi connectivity index (χ1n) is 37.2. The highest BCUT2D eigenvalue weighted by Crippen LogP contribution is 2.45. The summed E-state index contributed by atoms with van der Waals surface area (Å²) in [5.74, 6) is -0.139. The first-order valence-corrected chi connectivity index (χ1v) is 38.3. The Kier molecular flexibility index (Phi) is 25.0. The summed E-state index contributed by atoms with van der Waals surface area (Å²) in [6, 6.07) is 5.00. The number of carbonyl (C=O) groups excluding carboxylic acids is 3. The minimum Gasteiger partial charge on any atom is -0.490 e. The minimum atomic E-state index is -0.767. The van der Waals surface area contributed by atoms with E-state index in [9.17, 15) is 14.4 Å². The average Bonchev–Trinajstić information content (AvgIpc) is 1.50. The van der Waals surface area contributed by atoms with Gasteiger partial charge in [0.25, 0.3) is 17.7 Å². The molecule has 0 radical (unpaired) electrons. The van der Waals surface area contributed by atoms with Crippen molar-refractivity contribution in [1.29, 1.82) is 0 Å². The van der Waals surface area contributed by atoms with Crippen molar-refractivity contribution in [2.45, 2.75) is 159 Å².